The molecular formula is C26H18F3NO4S. The summed E-state index contributed by atoms with van der Waals surface area (Å²) in [5, 5.41) is 11.8. The Morgan fingerprint density at radius 1 is 1.06 bits per heavy atom. The second-order valence-corrected chi connectivity index (χ2v) is 9.07. The van der Waals surface area contributed by atoms with E-state index < -0.39 is 17.7 Å². The fraction of sp³-hybridized carbons (Fsp3) is 0.154. The summed E-state index contributed by atoms with van der Waals surface area (Å²) in [6.45, 7) is 0.442. The number of fused-ring (bicyclic) bond motifs is 2. The van der Waals surface area contributed by atoms with E-state index in [2.05, 4.69) is 0 Å². The second kappa shape index (κ2) is 8.74. The fourth-order valence-electron chi connectivity index (χ4n) is 4.19. The molecule has 0 unspecified atom stereocenters. The summed E-state index contributed by atoms with van der Waals surface area (Å²) in [7, 11) is 0. The second-order valence-electron chi connectivity index (χ2n) is 8.16. The summed E-state index contributed by atoms with van der Waals surface area (Å²) in [6, 6.07) is 15.3. The molecule has 0 saturated carbocycles. The number of alkyl halides is 3. The number of amides is 1. The van der Waals surface area contributed by atoms with Gasteiger partial charge >= 0.3 is 12.1 Å². The molecule has 1 aromatic heterocycles. The molecule has 0 radical (unpaired) electrons. The monoisotopic (exact) mass is 497 g/mol. The zero-order valence-corrected chi connectivity index (χ0v) is 18.9. The number of nitrogens with zero attached hydrogens (tertiary/aromatic N) is 1. The Kier molecular flexibility index (Phi) is 5.72. The lowest BCUT2D eigenvalue weighted by atomic mass is 10.0. The highest BCUT2D eigenvalue weighted by Gasteiger charge is 2.33. The topological polar surface area (TPSA) is 66.8 Å². The molecule has 0 spiro atoms. The minimum Gasteiger partial charge on any atom is -0.489 e. The van der Waals surface area contributed by atoms with E-state index in [0.717, 1.165) is 38.9 Å². The van der Waals surface area contributed by atoms with Crippen molar-refractivity contribution in [1.82, 2.24) is 0 Å². The van der Waals surface area contributed by atoms with Gasteiger partial charge in [0, 0.05) is 16.0 Å². The maximum Gasteiger partial charge on any atom is 0.416 e. The summed E-state index contributed by atoms with van der Waals surface area (Å²) < 4.78 is 45.6. The summed E-state index contributed by atoms with van der Waals surface area (Å²) in [5.41, 5.74) is 2.47. The smallest absolute Gasteiger partial charge is 0.416 e. The van der Waals surface area contributed by atoms with Gasteiger partial charge in [0.1, 0.15) is 12.4 Å². The van der Waals surface area contributed by atoms with E-state index in [1.165, 1.54) is 28.4 Å². The zero-order chi connectivity index (χ0) is 24.7. The number of carbonyl (C=O) groups excluding carboxylic acids is 1. The molecule has 9 heteroatoms. The van der Waals surface area contributed by atoms with Crippen molar-refractivity contribution in [2.45, 2.75) is 25.7 Å². The molecule has 0 aliphatic carbocycles. The van der Waals surface area contributed by atoms with E-state index in [4.69, 9.17) is 9.84 Å². The fourth-order valence-corrected chi connectivity index (χ4v) is 5.18. The van der Waals surface area contributed by atoms with Gasteiger partial charge in [-0.25, -0.2) is 0 Å². The van der Waals surface area contributed by atoms with Crippen molar-refractivity contribution in [2.75, 3.05) is 4.90 Å². The summed E-state index contributed by atoms with van der Waals surface area (Å²) in [5.74, 6) is -0.543. The normalized spacial score (nSPS) is 13.3. The first kappa shape index (κ1) is 22.9. The van der Waals surface area contributed by atoms with Gasteiger partial charge in [-0.1, -0.05) is 12.1 Å². The molecule has 3 aromatic carbocycles. The lowest BCUT2D eigenvalue weighted by Gasteiger charge is -2.17. The van der Waals surface area contributed by atoms with Crippen LogP contribution in [0.1, 0.15) is 32.6 Å². The third-order valence-corrected chi connectivity index (χ3v) is 6.93. The number of carboxylic acids is 1. The van der Waals surface area contributed by atoms with Gasteiger partial charge in [0.05, 0.1) is 18.5 Å². The minimum atomic E-state index is -4.44. The molecule has 0 saturated heterocycles. The lowest BCUT2D eigenvalue weighted by Crippen LogP contribution is -2.23. The predicted octanol–water partition coefficient (Wildman–Crippen LogP) is 6.29. The number of carboxylic acid groups (broad SMARTS) is 1. The Morgan fingerprint density at radius 3 is 2.54 bits per heavy atom. The van der Waals surface area contributed by atoms with Crippen LogP contribution >= 0.6 is 11.3 Å². The largest absolute Gasteiger partial charge is 0.489 e. The van der Waals surface area contributed by atoms with Gasteiger partial charge in [0.2, 0.25) is 0 Å². The van der Waals surface area contributed by atoms with E-state index in [9.17, 15) is 22.8 Å². The van der Waals surface area contributed by atoms with Gasteiger partial charge in [0.15, 0.2) is 0 Å². The Labute approximate surface area is 202 Å². The number of hydrogen-bond donors (Lipinski definition) is 1. The van der Waals surface area contributed by atoms with E-state index in [0.29, 0.717) is 17.0 Å². The first-order valence-electron chi connectivity index (χ1n) is 10.7. The van der Waals surface area contributed by atoms with Crippen LogP contribution in [0.2, 0.25) is 0 Å². The lowest BCUT2D eigenvalue weighted by molar-refractivity contribution is -0.138. The number of halogens is 3. The molecule has 2 heterocycles. The number of aliphatic carboxylic acids is 1. The summed E-state index contributed by atoms with van der Waals surface area (Å²) >= 11 is 1.45. The molecule has 1 aliphatic rings. The summed E-state index contributed by atoms with van der Waals surface area (Å²) in [6.07, 6.45) is -4.48. The van der Waals surface area contributed by atoms with Crippen LogP contribution in [0.15, 0.2) is 66.0 Å². The Hall–Kier alpha value is -3.85. The van der Waals surface area contributed by atoms with Crippen LogP contribution in [0, 0.1) is 0 Å². The van der Waals surface area contributed by atoms with Crippen LogP contribution in [0.25, 0.3) is 10.1 Å². The quantitative estimate of drug-likeness (QED) is 0.340. The highest BCUT2D eigenvalue weighted by molar-refractivity contribution is 7.17. The van der Waals surface area contributed by atoms with E-state index in [1.807, 2.05) is 23.6 Å². The number of rotatable bonds is 6. The van der Waals surface area contributed by atoms with Gasteiger partial charge in [0.25, 0.3) is 5.91 Å². The molecule has 0 bridgehead atoms. The third kappa shape index (κ3) is 4.46. The molecule has 178 valence electrons. The van der Waals surface area contributed by atoms with Crippen molar-refractivity contribution in [3.63, 3.8) is 0 Å². The standard InChI is InChI=1S/C26H18F3NO4S/c27-26(28,29)17-4-6-18(7-5-17)30-12-22-15(2-1-3-21(22)25(30)33)13-34-19-8-9-20-16(10-24(31)32)14-35-23(20)11-19/h1-9,11,14H,10,12-13H2,(H,31,32). The van der Waals surface area contributed by atoms with E-state index in [1.54, 1.807) is 18.2 Å². The maximum atomic E-state index is 13.0. The van der Waals surface area contributed by atoms with Crippen molar-refractivity contribution in [3.8, 4) is 5.75 Å². The molecule has 5 rings (SSSR count). The van der Waals surface area contributed by atoms with E-state index in [-0.39, 0.29) is 25.5 Å². The first-order valence-corrected chi connectivity index (χ1v) is 11.5. The average Bonchev–Trinajstić information content (AvgIpc) is 3.37. The Morgan fingerprint density at radius 2 is 1.83 bits per heavy atom. The predicted molar refractivity (Wildman–Crippen MR) is 126 cm³/mol. The Balaban J connectivity index is 1.34. The maximum absolute atomic E-state index is 13.0. The molecule has 1 amide bonds. The van der Waals surface area contributed by atoms with E-state index >= 15 is 0 Å². The van der Waals surface area contributed by atoms with Gasteiger partial charge < -0.3 is 14.7 Å². The van der Waals surface area contributed by atoms with Crippen LogP contribution in [-0.4, -0.2) is 17.0 Å². The number of thiophene rings is 1. The minimum absolute atomic E-state index is 0.0418. The van der Waals surface area contributed by atoms with Crippen LogP contribution in [0.4, 0.5) is 18.9 Å². The van der Waals surface area contributed by atoms with Gasteiger partial charge in [-0.2, -0.15) is 13.2 Å². The van der Waals surface area contributed by atoms with Crippen molar-refractivity contribution in [3.05, 3.63) is 93.9 Å². The number of ether oxygens (including phenoxy) is 1. The van der Waals surface area contributed by atoms with Crippen LogP contribution in [0.3, 0.4) is 0 Å². The van der Waals surface area contributed by atoms with Crippen molar-refractivity contribution in [2.24, 2.45) is 0 Å². The third-order valence-electron chi connectivity index (χ3n) is 5.93. The number of benzene rings is 3. The molecule has 1 N–H and O–H groups in total. The Bertz CT molecular complexity index is 1440. The highest BCUT2D eigenvalue weighted by Crippen LogP contribution is 2.35. The SMILES string of the molecule is O=C(O)Cc1csc2cc(OCc3cccc4c3CN(c3ccc(C(F)(F)F)cc3)C4=O)ccc12. The molecule has 0 fully saturated rings. The summed E-state index contributed by atoms with van der Waals surface area (Å²) in [4.78, 5) is 25.4. The molecule has 0 atom stereocenters. The first-order chi connectivity index (χ1) is 16.7. The van der Waals surface area contributed by atoms with Crippen molar-refractivity contribution >= 4 is 39.0 Å². The zero-order valence-electron chi connectivity index (χ0n) is 18.1. The van der Waals surface area contributed by atoms with Crippen LogP contribution in [-0.2, 0) is 30.5 Å². The molecule has 5 nitrogen and oxygen atoms in total. The number of carbonyl (C=O) groups is 2. The molecule has 35 heavy (non-hydrogen) atoms. The molecule has 1 aliphatic heterocycles. The van der Waals surface area contributed by atoms with Crippen molar-refractivity contribution < 1.29 is 32.6 Å². The average molecular weight is 497 g/mol. The number of anilines is 1. The highest BCUT2D eigenvalue weighted by atomic mass is 32.1. The van der Waals surface area contributed by atoms with Crippen LogP contribution in [0.5, 0.6) is 5.75 Å². The van der Waals surface area contributed by atoms with Gasteiger partial charge in [-0.15, -0.1) is 11.3 Å². The van der Waals surface area contributed by atoms with Crippen LogP contribution < -0.4 is 9.64 Å². The molecular weight excluding hydrogens is 479 g/mol. The van der Waals surface area contributed by atoms with Gasteiger partial charge in [-0.05, 0) is 76.0 Å². The molecule has 4 aromatic rings. The van der Waals surface area contributed by atoms with Crippen molar-refractivity contribution in [1.29, 1.82) is 0 Å². The number of hydrogen-bond acceptors (Lipinski definition) is 4. The van der Waals surface area contributed by atoms with Gasteiger partial charge in [-0.3, -0.25) is 9.59 Å².